The molecule has 0 amide bonds. The van der Waals surface area contributed by atoms with E-state index >= 15 is 0 Å². The number of hydrogen-bond acceptors (Lipinski definition) is 3. The fourth-order valence-corrected chi connectivity index (χ4v) is 3.03. The van der Waals surface area contributed by atoms with E-state index in [0.29, 0.717) is 0 Å². The zero-order chi connectivity index (χ0) is 9.80. The molecule has 0 saturated carbocycles. The number of ether oxygens (including phenoxy) is 1. The van der Waals surface area contributed by atoms with E-state index in [1.165, 1.54) is 31.3 Å². The third kappa shape index (κ3) is 2.53. The van der Waals surface area contributed by atoms with Crippen LogP contribution >= 0.6 is 11.8 Å². The Kier molecular flexibility index (Phi) is 3.90. The van der Waals surface area contributed by atoms with Gasteiger partial charge in [-0.2, -0.15) is 11.8 Å². The van der Waals surface area contributed by atoms with E-state index in [1.807, 2.05) is 11.8 Å². The fourth-order valence-electron chi connectivity index (χ4n) is 2.12. The lowest BCUT2D eigenvalue weighted by molar-refractivity contribution is 0.0639. The monoisotopic (exact) mass is 213 g/mol. The molecule has 0 aromatic carbocycles. The average Bonchev–Trinajstić information content (AvgIpc) is 2.30. The smallest absolute Gasteiger partial charge is 0.0854 e. The van der Waals surface area contributed by atoms with Crippen LogP contribution in [0.3, 0.4) is 0 Å². The van der Waals surface area contributed by atoms with Crippen molar-refractivity contribution in [1.82, 2.24) is 0 Å². The van der Waals surface area contributed by atoms with Crippen molar-refractivity contribution in [2.75, 3.05) is 18.1 Å². The van der Waals surface area contributed by atoms with Gasteiger partial charge in [-0.25, -0.2) is 0 Å². The van der Waals surface area contributed by atoms with Crippen LogP contribution in [0.5, 0.6) is 0 Å². The molecule has 3 heteroatoms. The van der Waals surface area contributed by atoms with Crippen molar-refractivity contribution in [3.8, 4) is 0 Å². The van der Waals surface area contributed by atoms with Gasteiger partial charge in [0.1, 0.15) is 0 Å². The van der Waals surface area contributed by atoms with Crippen molar-refractivity contribution < 1.29 is 4.74 Å². The van der Waals surface area contributed by atoms with E-state index in [2.05, 4.69) is 6.08 Å². The van der Waals surface area contributed by atoms with Crippen molar-refractivity contribution in [3.05, 3.63) is 11.6 Å². The highest BCUT2D eigenvalue weighted by Crippen LogP contribution is 2.24. The summed E-state index contributed by atoms with van der Waals surface area (Å²) in [6.07, 6.45) is 7.62. The molecule has 2 aliphatic rings. The molecule has 1 heterocycles. The number of hydrogen-bond donors (Lipinski definition) is 1. The highest BCUT2D eigenvalue weighted by Gasteiger charge is 2.24. The molecule has 0 aromatic rings. The highest BCUT2D eigenvalue weighted by atomic mass is 32.2. The molecule has 2 atom stereocenters. The Balaban J connectivity index is 1.91. The standard InChI is InChI=1S/C11H19NOS/c12-11(9-4-2-1-3-5-9)10-8-14-7-6-13-10/h4,10-11H,1-3,5-8,12H2. The third-order valence-corrected chi connectivity index (χ3v) is 4.02. The Morgan fingerprint density at radius 2 is 2.43 bits per heavy atom. The molecule has 1 aliphatic carbocycles. The Morgan fingerprint density at radius 3 is 3.07 bits per heavy atom. The van der Waals surface area contributed by atoms with Crippen molar-refractivity contribution in [1.29, 1.82) is 0 Å². The third-order valence-electron chi connectivity index (χ3n) is 3.00. The van der Waals surface area contributed by atoms with Gasteiger partial charge in [0, 0.05) is 11.5 Å². The first-order valence-corrected chi connectivity index (χ1v) is 6.67. The maximum Gasteiger partial charge on any atom is 0.0854 e. The number of allylic oxidation sites excluding steroid dienone is 1. The maximum atomic E-state index is 6.22. The van der Waals surface area contributed by atoms with Crippen molar-refractivity contribution in [3.63, 3.8) is 0 Å². The van der Waals surface area contributed by atoms with E-state index in [0.717, 1.165) is 18.1 Å². The molecule has 2 rings (SSSR count). The largest absolute Gasteiger partial charge is 0.375 e. The summed E-state index contributed by atoms with van der Waals surface area (Å²) in [5.74, 6) is 2.20. The molecular formula is C11H19NOS. The van der Waals surface area contributed by atoms with Gasteiger partial charge in [0.2, 0.25) is 0 Å². The van der Waals surface area contributed by atoms with Crippen LogP contribution < -0.4 is 5.73 Å². The second-order valence-electron chi connectivity index (χ2n) is 4.03. The van der Waals surface area contributed by atoms with Gasteiger partial charge in [0.05, 0.1) is 18.8 Å². The van der Waals surface area contributed by atoms with E-state index in [9.17, 15) is 0 Å². The Bertz CT molecular complexity index is 211. The van der Waals surface area contributed by atoms with Crippen LogP contribution in [0.4, 0.5) is 0 Å². The van der Waals surface area contributed by atoms with Gasteiger partial charge in [0.25, 0.3) is 0 Å². The van der Waals surface area contributed by atoms with E-state index in [1.54, 1.807) is 0 Å². The van der Waals surface area contributed by atoms with Gasteiger partial charge in [-0.05, 0) is 25.7 Å². The van der Waals surface area contributed by atoms with Gasteiger partial charge in [-0.1, -0.05) is 11.6 Å². The molecule has 1 saturated heterocycles. The maximum absolute atomic E-state index is 6.22. The molecule has 14 heavy (non-hydrogen) atoms. The Morgan fingerprint density at radius 1 is 1.50 bits per heavy atom. The summed E-state index contributed by atoms with van der Waals surface area (Å²) >= 11 is 1.96. The second-order valence-corrected chi connectivity index (χ2v) is 5.18. The molecule has 2 nitrogen and oxygen atoms in total. The molecule has 2 N–H and O–H groups in total. The lowest BCUT2D eigenvalue weighted by atomic mass is 9.92. The fraction of sp³-hybridized carbons (Fsp3) is 0.818. The Labute approximate surface area is 90.3 Å². The molecule has 80 valence electrons. The summed E-state index contributed by atoms with van der Waals surface area (Å²) in [5, 5.41) is 0. The first-order valence-electron chi connectivity index (χ1n) is 5.52. The Hall–Kier alpha value is 0.01000. The quantitative estimate of drug-likeness (QED) is 0.712. The topological polar surface area (TPSA) is 35.2 Å². The summed E-state index contributed by atoms with van der Waals surface area (Å²) in [7, 11) is 0. The second kappa shape index (κ2) is 5.19. The van der Waals surface area contributed by atoms with Crippen LogP contribution in [-0.4, -0.2) is 30.3 Å². The predicted molar refractivity (Wildman–Crippen MR) is 61.6 cm³/mol. The molecule has 2 unspecified atom stereocenters. The SMILES string of the molecule is NC(C1=CCCCC1)C1CSCCO1. The molecular weight excluding hydrogens is 194 g/mol. The number of thioether (sulfide) groups is 1. The lowest BCUT2D eigenvalue weighted by Gasteiger charge is -2.30. The van der Waals surface area contributed by atoms with Crippen LogP contribution in [0.15, 0.2) is 11.6 Å². The van der Waals surface area contributed by atoms with Crippen LogP contribution in [0, 0.1) is 0 Å². The van der Waals surface area contributed by atoms with Gasteiger partial charge >= 0.3 is 0 Å². The molecule has 0 radical (unpaired) electrons. The van der Waals surface area contributed by atoms with Crippen LogP contribution in [0.25, 0.3) is 0 Å². The molecule has 1 aliphatic heterocycles. The van der Waals surface area contributed by atoms with Crippen molar-refractivity contribution in [2.24, 2.45) is 5.73 Å². The number of nitrogens with two attached hydrogens (primary N) is 1. The van der Waals surface area contributed by atoms with Crippen molar-refractivity contribution >= 4 is 11.8 Å². The van der Waals surface area contributed by atoms with Crippen LogP contribution in [0.2, 0.25) is 0 Å². The van der Waals surface area contributed by atoms with E-state index in [-0.39, 0.29) is 12.1 Å². The average molecular weight is 213 g/mol. The molecule has 0 bridgehead atoms. The molecule has 0 aromatic heterocycles. The zero-order valence-corrected chi connectivity index (χ0v) is 9.39. The van der Waals surface area contributed by atoms with Gasteiger partial charge in [0.15, 0.2) is 0 Å². The highest BCUT2D eigenvalue weighted by molar-refractivity contribution is 7.99. The van der Waals surface area contributed by atoms with Gasteiger partial charge < -0.3 is 10.5 Å². The first kappa shape index (κ1) is 10.5. The minimum absolute atomic E-state index is 0.156. The van der Waals surface area contributed by atoms with E-state index < -0.39 is 0 Å². The van der Waals surface area contributed by atoms with Crippen molar-refractivity contribution in [2.45, 2.75) is 37.8 Å². The van der Waals surface area contributed by atoms with Crippen LogP contribution in [0.1, 0.15) is 25.7 Å². The summed E-state index contributed by atoms with van der Waals surface area (Å²) in [4.78, 5) is 0. The zero-order valence-electron chi connectivity index (χ0n) is 8.58. The first-order chi connectivity index (χ1) is 6.88. The summed E-state index contributed by atoms with van der Waals surface area (Å²) in [6, 6.07) is 0.156. The normalized spacial score (nSPS) is 30.9. The summed E-state index contributed by atoms with van der Waals surface area (Å²) in [5.41, 5.74) is 7.65. The molecule has 1 fully saturated rings. The predicted octanol–water partition coefficient (Wildman–Crippen LogP) is 1.95. The van der Waals surface area contributed by atoms with Gasteiger partial charge in [-0.3, -0.25) is 0 Å². The molecule has 0 spiro atoms. The summed E-state index contributed by atoms with van der Waals surface area (Å²) < 4.78 is 5.71. The minimum atomic E-state index is 0.156. The van der Waals surface area contributed by atoms with Crippen LogP contribution in [-0.2, 0) is 4.74 Å². The van der Waals surface area contributed by atoms with E-state index in [4.69, 9.17) is 10.5 Å². The summed E-state index contributed by atoms with van der Waals surface area (Å²) in [6.45, 7) is 0.871. The van der Waals surface area contributed by atoms with Gasteiger partial charge in [-0.15, -0.1) is 0 Å². The number of rotatable bonds is 2. The minimum Gasteiger partial charge on any atom is -0.375 e. The lowest BCUT2D eigenvalue weighted by Crippen LogP contribution is -2.42.